The van der Waals surface area contributed by atoms with E-state index in [2.05, 4.69) is 15.9 Å². The molecular weight excluding hydrogens is 264 g/mol. The summed E-state index contributed by atoms with van der Waals surface area (Å²) in [6.45, 7) is 0. The van der Waals surface area contributed by atoms with Gasteiger partial charge in [0.25, 0.3) is 5.78 Å². The number of hydrogen-bond donors (Lipinski definition) is 1. The molecule has 0 saturated heterocycles. The first kappa shape index (κ1) is 11.6. The molecule has 1 aromatic rings. The van der Waals surface area contributed by atoms with Crippen molar-refractivity contribution >= 4 is 33.5 Å². The van der Waals surface area contributed by atoms with Crippen molar-refractivity contribution in [2.75, 3.05) is 0 Å². The van der Waals surface area contributed by atoms with Crippen LogP contribution in [-0.4, -0.2) is 27.5 Å². The molecule has 1 aromatic carbocycles. The van der Waals surface area contributed by atoms with Crippen LogP contribution in [0.4, 0.5) is 0 Å². The van der Waals surface area contributed by atoms with Gasteiger partial charge < -0.3 is 5.11 Å². The molecule has 0 spiro atoms. The topological polar surface area (TPSA) is 71.4 Å². The molecule has 0 bridgehead atoms. The van der Waals surface area contributed by atoms with Crippen LogP contribution >= 0.6 is 15.9 Å². The normalized spacial score (nSPS) is 11.8. The number of ketones is 2. The number of benzene rings is 1. The Morgan fingerprint density at radius 3 is 2.13 bits per heavy atom. The minimum Gasteiger partial charge on any atom is -0.475 e. The van der Waals surface area contributed by atoms with E-state index < -0.39 is 22.4 Å². The molecule has 0 aliphatic carbocycles. The SMILES string of the molecule is O=C(O)C(=O)C(Br)C(=O)c1ccccc1. The number of aliphatic carboxylic acids is 1. The predicted molar refractivity (Wildman–Crippen MR) is 56.1 cm³/mol. The van der Waals surface area contributed by atoms with Gasteiger partial charge in [-0.1, -0.05) is 46.3 Å². The van der Waals surface area contributed by atoms with Crippen LogP contribution < -0.4 is 0 Å². The maximum absolute atomic E-state index is 11.6. The van der Waals surface area contributed by atoms with Gasteiger partial charge in [-0.05, 0) is 0 Å². The molecule has 0 heterocycles. The van der Waals surface area contributed by atoms with Crippen LogP contribution in [0.5, 0.6) is 0 Å². The molecule has 1 atom stereocenters. The lowest BCUT2D eigenvalue weighted by Gasteiger charge is -2.04. The summed E-state index contributed by atoms with van der Waals surface area (Å²) < 4.78 is 0. The summed E-state index contributed by atoms with van der Waals surface area (Å²) in [6.07, 6.45) is 0. The molecule has 0 saturated carbocycles. The monoisotopic (exact) mass is 270 g/mol. The van der Waals surface area contributed by atoms with Gasteiger partial charge in [0, 0.05) is 5.56 Å². The number of Topliss-reactive ketones (excluding diaryl/α,β-unsaturated/α-hetero) is 2. The Hall–Kier alpha value is -1.49. The highest BCUT2D eigenvalue weighted by atomic mass is 79.9. The lowest BCUT2D eigenvalue weighted by atomic mass is 10.1. The van der Waals surface area contributed by atoms with E-state index in [0.717, 1.165) is 0 Å². The van der Waals surface area contributed by atoms with Gasteiger partial charge in [0.1, 0.15) is 4.83 Å². The van der Waals surface area contributed by atoms with Gasteiger partial charge in [-0.25, -0.2) is 4.79 Å². The fraction of sp³-hybridized carbons (Fsp3) is 0.100. The van der Waals surface area contributed by atoms with Gasteiger partial charge in [0.2, 0.25) is 0 Å². The van der Waals surface area contributed by atoms with Crippen LogP contribution in [0.1, 0.15) is 10.4 Å². The molecule has 4 nitrogen and oxygen atoms in total. The minimum atomic E-state index is -1.62. The van der Waals surface area contributed by atoms with Crippen molar-refractivity contribution in [3.8, 4) is 0 Å². The van der Waals surface area contributed by atoms with E-state index in [9.17, 15) is 14.4 Å². The number of rotatable bonds is 4. The Balaban J connectivity index is 2.87. The predicted octanol–water partition coefficient (Wildman–Crippen LogP) is 1.29. The first-order valence-corrected chi connectivity index (χ1v) is 4.96. The zero-order valence-corrected chi connectivity index (χ0v) is 9.10. The van der Waals surface area contributed by atoms with Gasteiger partial charge in [-0.2, -0.15) is 0 Å². The summed E-state index contributed by atoms with van der Waals surface area (Å²) in [5, 5.41) is 8.42. The lowest BCUT2D eigenvalue weighted by molar-refractivity contribution is -0.148. The molecule has 0 amide bonds. The lowest BCUT2D eigenvalue weighted by Crippen LogP contribution is -2.30. The Kier molecular flexibility index (Phi) is 3.74. The maximum atomic E-state index is 11.6. The van der Waals surface area contributed by atoms with Crippen molar-refractivity contribution in [3.63, 3.8) is 0 Å². The highest BCUT2D eigenvalue weighted by Crippen LogP contribution is 2.11. The average Bonchev–Trinajstić information content (AvgIpc) is 2.27. The van der Waals surface area contributed by atoms with Crippen LogP contribution in [0.2, 0.25) is 0 Å². The van der Waals surface area contributed by atoms with Crippen molar-refractivity contribution in [3.05, 3.63) is 35.9 Å². The summed E-state index contributed by atoms with van der Waals surface area (Å²) in [6, 6.07) is 8.03. The average molecular weight is 271 g/mol. The molecular formula is C10H7BrO4. The number of carboxylic acids is 1. The van der Waals surface area contributed by atoms with Crippen molar-refractivity contribution in [1.29, 1.82) is 0 Å². The fourth-order valence-corrected chi connectivity index (χ4v) is 1.44. The number of alkyl halides is 1. The molecule has 15 heavy (non-hydrogen) atoms. The number of hydrogen-bond acceptors (Lipinski definition) is 3. The van der Waals surface area contributed by atoms with Crippen LogP contribution in [-0.2, 0) is 9.59 Å². The summed E-state index contributed by atoms with van der Waals surface area (Å²) >= 11 is 2.77. The number of carbonyl (C=O) groups excluding carboxylic acids is 2. The number of carbonyl (C=O) groups is 3. The van der Waals surface area contributed by atoms with Crippen molar-refractivity contribution in [2.24, 2.45) is 0 Å². The second-order valence-corrected chi connectivity index (χ2v) is 3.68. The zero-order valence-electron chi connectivity index (χ0n) is 7.51. The van der Waals surface area contributed by atoms with E-state index in [-0.39, 0.29) is 0 Å². The van der Waals surface area contributed by atoms with E-state index in [1.165, 1.54) is 12.1 Å². The highest BCUT2D eigenvalue weighted by Gasteiger charge is 2.29. The summed E-state index contributed by atoms with van der Waals surface area (Å²) in [4.78, 5) is 31.6. The van der Waals surface area contributed by atoms with Gasteiger partial charge in [0.05, 0.1) is 0 Å². The van der Waals surface area contributed by atoms with Crippen molar-refractivity contribution < 1.29 is 19.5 Å². The van der Waals surface area contributed by atoms with E-state index in [4.69, 9.17) is 5.11 Å². The Morgan fingerprint density at radius 1 is 1.13 bits per heavy atom. The van der Waals surface area contributed by atoms with Crippen molar-refractivity contribution in [2.45, 2.75) is 4.83 Å². The molecule has 0 aliphatic heterocycles. The molecule has 0 fully saturated rings. The molecule has 1 unspecified atom stereocenters. The first-order chi connectivity index (χ1) is 7.04. The fourth-order valence-electron chi connectivity index (χ4n) is 0.976. The van der Waals surface area contributed by atoms with E-state index >= 15 is 0 Å². The standard InChI is InChI=1S/C10H7BrO4/c11-7(9(13)10(14)15)8(12)6-4-2-1-3-5-6/h1-5,7H,(H,14,15). The third-order valence-electron chi connectivity index (χ3n) is 1.73. The number of carboxylic acid groups (broad SMARTS) is 1. The minimum absolute atomic E-state index is 0.300. The second-order valence-electron chi connectivity index (χ2n) is 2.76. The smallest absolute Gasteiger partial charge is 0.373 e. The van der Waals surface area contributed by atoms with Gasteiger partial charge in [0.15, 0.2) is 5.78 Å². The van der Waals surface area contributed by atoms with Crippen LogP contribution in [0, 0.1) is 0 Å². The second kappa shape index (κ2) is 4.84. The molecule has 1 N–H and O–H groups in total. The van der Waals surface area contributed by atoms with Gasteiger partial charge in [-0.3, -0.25) is 9.59 Å². The third-order valence-corrected chi connectivity index (χ3v) is 2.56. The van der Waals surface area contributed by atoms with E-state index in [0.29, 0.717) is 5.56 Å². The van der Waals surface area contributed by atoms with E-state index in [1.54, 1.807) is 18.2 Å². The van der Waals surface area contributed by atoms with Crippen LogP contribution in [0.3, 0.4) is 0 Å². The Bertz CT molecular complexity index is 399. The quantitative estimate of drug-likeness (QED) is 0.387. The van der Waals surface area contributed by atoms with Gasteiger partial charge in [-0.15, -0.1) is 0 Å². The third kappa shape index (κ3) is 2.73. The Morgan fingerprint density at radius 2 is 1.67 bits per heavy atom. The molecule has 0 aliphatic rings. The van der Waals surface area contributed by atoms with Crippen LogP contribution in [0.15, 0.2) is 30.3 Å². The molecule has 0 radical (unpaired) electrons. The molecule has 0 aromatic heterocycles. The Labute approximate surface area is 94.0 Å². The molecule has 5 heteroatoms. The van der Waals surface area contributed by atoms with Crippen LogP contribution in [0.25, 0.3) is 0 Å². The number of halogens is 1. The summed E-state index contributed by atoms with van der Waals surface area (Å²) in [7, 11) is 0. The zero-order chi connectivity index (χ0) is 11.4. The van der Waals surface area contributed by atoms with Gasteiger partial charge >= 0.3 is 5.97 Å². The first-order valence-electron chi connectivity index (χ1n) is 4.04. The summed E-state index contributed by atoms with van der Waals surface area (Å²) in [5.74, 6) is -3.34. The highest BCUT2D eigenvalue weighted by molar-refractivity contribution is 9.10. The molecule has 78 valence electrons. The summed E-state index contributed by atoms with van der Waals surface area (Å²) in [5.41, 5.74) is 0.300. The maximum Gasteiger partial charge on any atom is 0.373 e. The van der Waals surface area contributed by atoms with Crippen molar-refractivity contribution in [1.82, 2.24) is 0 Å². The molecule has 1 rings (SSSR count). The van der Waals surface area contributed by atoms with E-state index in [1.807, 2.05) is 0 Å². The largest absolute Gasteiger partial charge is 0.475 e.